The van der Waals surface area contributed by atoms with Crippen LogP contribution in [0.5, 0.6) is 0 Å². The molecule has 0 bridgehead atoms. The predicted octanol–water partition coefficient (Wildman–Crippen LogP) is 2.08. The minimum atomic E-state index is -0.165. The van der Waals surface area contributed by atoms with Crippen molar-refractivity contribution in [1.82, 2.24) is 9.88 Å². The van der Waals surface area contributed by atoms with Crippen LogP contribution < -0.4 is 5.32 Å². The molecule has 2 heterocycles. The van der Waals surface area contributed by atoms with Crippen LogP contribution in [0.15, 0.2) is 18.2 Å². The molecule has 0 aliphatic carbocycles. The summed E-state index contributed by atoms with van der Waals surface area (Å²) >= 11 is 3.13. The lowest BCUT2D eigenvalue weighted by Crippen LogP contribution is -2.34. The molecule has 2 amide bonds. The highest BCUT2D eigenvalue weighted by Gasteiger charge is 2.22. The number of carbonyl (C=O) groups excluding carboxylic acids is 2. The highest BCUT2D eigenvalue weighted by atomic mass is 32.2. The van der Waals surface area contributed by atoms with Crippen molar-refractivity contribution in [3.63, 3.8) is 0 Å². The first-order chi connectivity index (χ1) is 9.61. The number of carbonyl (C=O) groups is 2. The van der Waals surface area contributed by atoms with E-state index in [-0.39, 0.29) is 18.4 Å². The highest BCUT2D eigenvalue weighted by Crippen LogP contribution is 2.24. The highest BCUT2D eigenvalue weighted by molar-refractivity contribution is 8.00. The number of benzene rings is 1. The van der Waals surface area contributed by atoms with Gasteiger partial charge in [-0.05, 0) is 25.1 Å². The number of aryl methyl sites for hydroxylation is 1. The minimum Gasteiger partial charge on any atom is -0.324 e. The molecule has 0 unspecified atom stereocenters. The average molecular weight is 307 g/mol. The van der Waals surface area contributed by atoms with Crippen molar-refractivity contribution in [3.05, 3.63) is 23.2 Å². The summed E-state index contributed by atoms with van der Waals surface area (Å²) in [7, 11) is 0. The summed E-state index contributed by atoms with van der Waals surface area (Å²) in [6.07, 6.45) is 0. The van der Waals surface area contributed by atoms with Crippen molar-refractivity contribution in [2.45, 2.75) is 6.92 Å². The molecule has 1 aromatic heterocycles. The number of nitrogens with one attached hydrogen (secondary N) is 1. The Morgan fingerprint density at radius 3 is 3.10 bits per heavy atom. The maximum absolute atomic E-state index is 11.9. The number of aromatic nitrogens is 1. The number of hydrogen-bond donors (Lipinski definition) is 1. The second kappa shape index (κ2) is 5.41. The Balaban J connectivity index is 1.69. The Kier molecular flexibility index (Phi) is 3.62. The van der Waals surface area contributed by atoms with Gasteiger partial charge in [0, 0.05) is 5.69 Å². The van der Waals surface area contributed by atoms with Gasteiger partial charge in [0.15, 0.2) is 0 Å². The number of rotatable bonds is 3. The van der Waals surface area contributed by atoms with Crippen molar-refractivity contribution in [1.29, 1.82) is 0 Å². The van der Waals surface area contributed by atoms with Crippen LogP contribution in [-0.2, 0) is 9.59 Å². The number of nitrogens with zero attached hydrogens (tertiary/aromatic N) is 2. The summed E-state index contributed by atoms with van der Waals surface area (Å²) in [6, 6.07) is 5.64. The SMILES string of the molecule is Cc1nc2ccc(NC(=O)CN3CSCC3=O)cc2s1. The van der Waals surface area contributed by atoms with E-state index in [0.29, 0.717) is 11.6 Å². The van der Waals surface area contributed by atoms with Gasteiger partial charge >= 0.3 is 0 Å². The number of thiazole rings is 1. The van der Waals surface area contributed by atoms with Crippen LogP contribution in [0.3, 0.4) is 0 Å². The molecule has 104 valence electrons. The summed E-state index contributed by atoms with van der Waals surface area (Å²) in [5, 5.41) is 3.83. The Morgan fingerprint density at radius 2 is 2.35 bits per heavy atom. The molecular formula is C13H13N3O2S2. The largest absolute Gasteiger partial charge is 0.324 e. The quantitative estimate of drug-likeness (QED) is 0.943. The van der Waals surface area contributed by atoms with Crippen LogP contribution >= 0.6 is 23.1 Å². The van der Waals surface area contributed by atoms with Crippen molar-refractivity contribution in [3.8, 4) is 0 Å². The fraction of sp³-hybridized carbons (Fsp3) is 0.308. The normalized spacial score (nSPS) is 15.1. The van der Waals surface area contributed by atoms with Crippen LogP contribution in [0.4, 0.5) is 5.69 Å². The van der Waals surface area contributed by atoms with Crippen LogP contribution in [0.1, 0.15) is 5.01 Å². The topological polar surface area (TPSA) is 62.3 Å². The Hall–Kier alpha value is -1.60. The van der Waals surface area contributed by atoms with E-state index < -0.39 is 0 Å². The molecule has 2 aromatic rings. The average Bonchev–Trinajstić information content (AvgIpc) is 2.94. The Bertz CT molecular complexity index is 683. The van der Waals surface area contributed by atoms with E-state index in [4.69, 9.17) is 0 Å². The van der Waals surface area contributed by atoms with Gasteiger partial charge in [-0.2, -0.15) is 0 Å². The predicted molar refractivity (Wildman–Crippen MR) is 82.0 cm³/mol. The maximum Gasteiger partial charge on any atom is 0.244 e. The standard InChI is InChI=1S/C13H13N3O2S2/c1-8-14-10-3-2-9(4-11(10)20-8)15-12(17)5-16-7-19-6-13(16)18/h2-4H,5-7H2,1H3,(H,15,17). The molecule has 1 aromatic carbocycles. The number of thioether (sulfide) groups is 1. The van der Waals surface area contributed by atoms with Gasteiger partial charge in [0.2, 0.25) is 11.8 Å². The molecule has 0 saturated carbocycles. The lowest BCUT2D eigenvalue weighted by atomic mass is 10.3. The summed E-state index contributed by atoms with van der Waals surface area (Å²) < 4.78 is 1.05. The summed E-state index contributed by atoms with van der Waals surface area (Å²) in [5.41, 5.74) is 1.68. The monoisotopic (exact) mass is 307 g/mol. The summed E-state index contributed by atoms with van der Waals surface area (Å²) in [6.45, 7) is 2.07. The van der Waals surface area contributed by atoms with Crippen molar-refractivity contribution in [2.75, 3.05) is 23.5 Å². The van der Waals surface area contributed by atoms with Gasteiger partial charge in [-0.15, -0.1) is 23.1 Å². The molecule has 5 nitrogen and oxygen atoms in total. The van der Waals surface area contributed by atoms with E-state index in [1.807, 2.05) is 25.1 Å². The molecule has 0 spiro atoms. The van der Waals surface area contributed by atoms with E-state index in [1.54, 1.807) is 16.2 Å². The third kappa shape index (κ3) is 2.78. The molecular weight excluding hydrogens is 294 g/mol. The number of fused-ring (bicyclic) bond motifs is 1. The molecule has 20 heavy (non-hydrogen) atoms. The van der Waals surface area contributed by atoms with Crippen LogP contribution in [0.25, 0.3) is 10.2 Å². The third-order valence-electron chi connectivity index (χ3n) is 2.94. The van der Waals surface area contributed by atoms with E-state index in [0.717, 1.165) is 20.9 Å². The van der Waals surface area contributed by atoms with Crippen molar-refractivity contribution < 1.29 is 9.59 Å². The number of hydrogen-bond acceptors (Lipinski definition) is 5. The first-order valence-electron chi connectivity index (χ1n) is 6.14. The van der Waals surface area contributed by atoms with Gasteiger partial charge in [0.1, 0.15) is 6.54 Å². The molecule has 1 saturated heterocycles. The van der Waals surface area contributed by atoms with Gasteiger partial charge in [-0.25, -0.2) is 4.98 Å². The molecule has 0 radical (unpaired) electrons. The first-order valence-corrected chi connectivity index (χ1v) is 8.11. The van der Waals surface area contributed by atoms with Gasteiger partial charge in [0.05, 0.1) is 26.9 Å². The van der Waals surface area contributed by atoms with Crippen LogP contribution in [-0.4, -0.2) is 39.9 Å². The Labute approximate surface area is 124 Å². The lowest BCUT2D eigenvalue weighted by molar-refractivity contribution is -0.130. The number of anilines is 1. The van der Waals surface area contributed by atoms with Crippen molar-refractivity contribution >= 4 is 50.8 Å². The second-order valence-electron chi connectivity index (χ2n) is 4.53. The van der Waals surface area contributed by atoms with E-state index in [1.165, 1.54) is 11.8 Å². The Morgan fingerprint density at radius 1 is 1.50 bits per heavy atom. The lowest BCUT2D eigenvalue weighted by Gasteiger charge is -2.14. The van der Waals surface area contributed by atoms with Gasteiger partial charge in [-0.3, -0.25) is 9.59 Å². The fourth-order valence-corrected chi connectivity index (χ4v) is 3.80. The zero-order valence-corrected chi connectivity index (χ0v) is 12.5. The zero-order valence-electron chi connectivity index (χ0n) is 10.9. The van der Waals surface area contributed by atoms with Gasteiger partial charge in [0.25, 0.3) is 0 Å². The van der Waals surface area contributed by atoms with Crippen LogP contribution in [0, 0.1) is 6.92 Å². The second-order valence-corrected chi connectivity index (χ2v) is 6.72. The van der Waals surface area contributed by atoms with Gasteiger partial charge < -0.3 is 10.2 Å². The molecule has 1 N–H and O–H groups in total. The van der Waals surface area contributed by atoms with Crippen LogP contribution in [0.2, 0.25) is 0 Å². The van der Waals surface area contributed by atoms with E-state index in [2.05, 4.69) is 10.3 Å². The van der Waals surface area contributed by atoms with E-state index >= 15 is 0 Å². The molecule has 1 aliphatic heterocycles. The molecule has 1 aliphatic rings. The minimum absolute atomic E-state index is 0.0266. The molecule has 0 atom stereocenters. The summed E-state index contributed by atoms with van der Waals surface area (Å²) in [4.78, 5) is 29.3. The molecule has 7 heteroatoms. The maximum atomic E-state index is 11.9. The molecule has 3 rings (SSSR count). The van der Waals surface area contributed by atoms with E-state index in [9.17, 15) is 9.59 Å². The first kappa shape index (κ1) is 13.4. The van der Waals surface area contributed by atoms with Crippen molar-refractivity contribution in [2.24, 2.45) is 0 Å². The summed E-state index contributed by atoms with van der Waals surface area (Å²) in [5.74, 6) is 0.929. The number of amides is 2. The zero-order chi connectivity index (χ0) is 14.1. The van der Waals surface area contributed by atoms with Gasteiger partial charge in [-0.1, -0.05) is 0 Å². The smallest absolute Gasteiger partial charge is 0.244 e. The third-order valence-corrected chi connectivity index (χ3v) is 4.82. The molecule has 1 fully saturated rings. The fourth-order valence-electron chi connectivity index (χ4n) is 2.03.